The predicted molar refractivity (Wildman–Crippen MR) is 70.8 cm³/mol. The Bertz CT molecular complexity index is 404. The largest absolute Gasteiger partial charge is 0.459 e. The van der Waals surface area contributed by atoms with Crippen LogP contribution in [0, 0.1) is 5.92 Å². The Hall–Kier alpha value is -1.35. The molecule has 1 aliphatic rings. The third-order valence-electron chi connectivity index (χ3n) is 3.65. The first-order valence-corrected chi connectivity index (χ1v) is 6.60. The van der Waals surface area contributed by atoms with E-state index in [1.807, 2.05) is 30.3 Å². The van der Waals surface area contributed by atoms with Crippen LogP contribution in [0.2, 0.25) is 0 Å². The molecule has 2 N–H and O–H groups in total. The zero-order valence-corrected chi connectivity index (χ0v) is 10.9. The Kier molecular flexibility index (Phi) is 4.02. The Labute approximate surface area is 108 Å². The van der Waals surface area contributed by atoms with Crippen LogP contribution >= 0.6 is 0 Å². The van der Waals surface area contributed by atoms with Gasteiger partial charge in [-0.1, -0.05) is 50.1 Å². The highest BCUT2D eigenvalue weighted by molar-refractivity contribution is 5.80. The predicted octanol–water partition coefficient (Wildman–Crippen LogP) is 2.64. The van der Waals surface area contributed by atoms with Gasteiger partial charge in [0.1, 0.15) is 12.1 Å². The van der Waals surface area contributed by atoms with Gasteiger partial charge in [0, 0.05) is 0 Å². The van der Waals surface area contributed by atoms with Crippen LogP contribution in [0.5, 0.6) is 0 Å². The van der Waals surface area contributed by atoms with Crippen molar-refractivity contribution in [1.82, 2.24) is 0 Å². The maximum absolute atomic E-state index is 12.1. The molecule has 2 atom stereocenters. The summed E-state index contributed by atoms with van der Waals surface area (Å²) in [6.07, 6.45) is 3.65. The summed E-state index contributed by atoms with van der Waals surface area (Å²) in [5.41, 5.74) is 6.41. The fourth-order valence-electron chi connectivity index (χ4n) is 2.64. The molecule has 3 nitrogen and oxygen atoms in total. The molecule has 0 radical (unpaired) electrons. The first-order valence-electron chi connectivity index (χ1n) is 6.60. The summed E-state index contributed by atoms with van der Waals surface area (Å²) in [5, 5.41) is 0. The van der Waals surface area contributed by atoms with Crippen LogP contribution in [0.15, 0.2) is 30.3 Å². The van der Waals surface area contributed by atoms with Crippen molar-refractivity contribution in [3.8, 4) is 0 Å². The van der Waals surface area contributed by atoms with Crippen LogP contribution in [0.3, 0.4) is 0 Å². The molecule has 3 heteroatoms. The first-order chi connectivity index (χ1) is 8.60. The van der Waals surface area contributed by atoms with Crippen molar-refractivity contribution in [3.63, 3.8) is 0 Å². The molecular weight excluding hydrogens is 226 g/mol. The lowest BCUT2D eigenvalue weighted by molar-refractivity contribution is -0.153. The second-order valence-electron chi connectivity index (χ2n) is 5.42. The normalized spacial score (nSPS) is 27.8. The number of hydrogen-bond donors (Lipinski definition) is 1. The molecule has 1 aliphatic carbocycles. The van der Waals surface area contributed by atoms with Gasteiger partial charge in [0.25, 0.3) is 0 Å². The van der Waals surface area contributed by atoms with Gasteiger partial charge in [-0.3, -0.25) is 4.79 Å². The van der Waals surface area contributed by atoms with Crippen molar-refractivity contribution in [2.45, 2.75) is 44.8 Å². The smallest absolute Gasteiger partial charge is 0.326 e. The fourth-order valence-corrected chi connectivity index (χ4v) is 2.64. The maximum atomic E-state index is 12.1. The molecule has 1 aromatic carbocycles. The molecule has 2 unspecified atom stereocenters. The second-order valence-corrected chi connectivity index (χ2v) is 5.42. The van der Waals surface area contributed by atoms with Crippen molar-refractivity contribution < 1.29 is 9.53 Å². The van der Waals surface area contributed by atoms with Crippen LogP contribution in [0.1, 0.15) is 38.2 Å². The summed E-state index contributed by atoms with van der Waals surface area (Å²) in [6, 6.07) is 9.70. The molecule has 0 saturated heterocycles. The molecule has 0 bridgehead atoms. The van der Waals surface area contributed by atoms with Gasteiger partial charge in [0.2, 0.25) is 0 Å². The fraction of sp³-hybridized carbons (Fsp3) is 0.533. The van der Waals surface area contributed by atoms with E-state index in [4.69, 9.17) is 10.5 Å². The molecule has 0 amide bonds. The molecule has 98 valence electrons. The van der Waals surface area contributed by atoms with Crippen LogP contribution in [-0.2, 0) is 16.1 Å². The van der Waals surface area contributed by atoms with Gasteiger partial charge in [-0.15, -0.1) is 0 Å². The van der Waals surface area contributed by atoms with E-state index in [0.717, 1.165) is 31.2 Å². The molecule has 0 aromatic heterocycles. The SMILES string of the molecule is CC1CCCC(N)(C(=O)OCc2ccccc2)C1. The van der Waals surface area contributed by atoms with Crippen LogP contribution < -0.4 is 5.73 Å². The number of hydrogen-bond acceptors (Lipinski definition) is 3. The summed E-state index contributed by atoms with van der Waals surface area (Å²) >= 11 is 0. The van der Waals surface area contributed by atoms with E-state index in [0.29, 0.717) is 12.5 Å². The minimum Gasteiger partial charge on any atom is -0.459 e. The third-order valence-corrected chi connectivity index (χ3v) is 3.65. The summed E-state index contributed by atoms with van der Waals surface area (Å²) in [5.74, 6) is 0.255. The van der Waals surface area contributed by atoms with Gasteiger partial charge >= 0.3 is 5.97 Å². The van der Waals surface area contributed by atoms with Crippen molar-refractivity contribution in [3.05, 3.63) is 35.9 Å². The number of esters is 1. The number of carbonyl (C=O) groups is 1. The Morgan fingerprint density at radius 3 is 2.83 bits per heavy atom. The highest BCUT2D eigenvalue weighted by Gasteiger charge is 2.39. The number of ether oxygens (including phenoxy) is 1. The Balaban J connectivity index is 1.91. The van der Waals surface area contributed by atoms with Crippen LogP contribution in [0.4, 0.5) is 0 Å². The monoisotopic (exact) mass is 247 g/mol. The summed E-state index contributed by atoms with van der Waals surface area (Å²) in [7, 11) is 0. The average molecular weight is 247 g/mol. The maximum Gasteiger partial charge on any atom is 0.326 e. The number of rotatable bonds is 3. The molecule has 0 heterocycles. The molecule has 1 fully saturated rings. The summed E-state index contributed by atoms with van der Waals surface area (Å²) < 4.78 is 5.35. The van der Waals surface area contributed by atoms with E-state index in [1.54, 1.807) is 0 Å². The van der Waals surface area contributed by atoms with Crippen molar-refractivity contribution in [2.75, 3.05) is 0 Å². The number of carbonyl (C=O) groups excluding carboxylic acids is 1. The van der Waals surface area contributed by atoms with Gasteiger partial charge in [-0.05, 0) is 24.3 Å². The van der Waals surface area contributed by atoms with Crippen LogP contribution in [0.25, 0.3) is 0 Å². The molecule has 0 spiro atoms. The lowest BCUT2D eigenvalue weighted by Crippen LogP contribution is -2.51. The molecule has 1 saturated carbocycles. The van der Waals surface area contributed by atoms with E-state index in [9.17, 15) is 4.79 Å². The highest BCUT2D eigenvalue weighted by Crippen LogP contribution is 2.31. The van der Waals surface area contributed by atoms with Gasteiger partial charge < -0.3 is 10.5 Å². The average Bonchev–Trinajstić information content (AvgIpc) is 2.37. The quantitative estimate of drug-likeness (QED) is 0.835. The van der Waals surface area contributed by atoms with Crippen molar-refractivity contribution >= 4 is 5.97 Å². The third kappa shape index (κ3) is 3.10. The Morgan fingerprint density at radius 2 is 2.17 bits per heavy atom. The lowest BCUT2D eigenvalue weighted by Gasteiger charge is -2.34. The molecule has 1 aromatic rings. The van der Waals surface area contributed by atoms with Crippen LogP contribution in [-0.4, -0.2) is 11.5 Å². The summed E-state index contributed by atoms with van der Waals surface area (Å²) in [6.45, 7) is 2.46. The zero-order chi connectivity index (χ0) is 13.0. The topological polar surface area (TPSA) is 52.3 Å². The number of nitrogens with two attached hydrogens (primary N) is 1. The van der Waals surface area contributed by atoms with Gasteiger partial charge in [0.15, 0.2) is 0 Å². The first kappa shape index (κ1) is 13.1. The summed E-state index contributed by atoms with van der Waals surface area (Å²) in [4.78, 5) is 12.1. The molecule has 18 heavy (non-hydrogen) atoms. The van der Waals surface area contributed by atoms with Gasteiger partial charge in [-0.2, -0.15) is 0 Å². The zero-order valence-electron chi connectivity index (χ0n) is 10.9. The Morgan fingerprint density at radius 1 is 1.44 bits per heavy atom. The van der Waals surface area contributed by atoms with Crippen molar-refractivity contribution in [2.24, 2.45) is 11.7 Å². The van der Waals surface area contributed by atoms with E-state index in [1.165, 1.54) is 0 Å². The minimum absolute atomic E-state index is 0.252. The van der Waals surface area contributed by atoms with Gasteiger partial charge in [0.05, 0.1) is 0 Å². The molecule has 0 aliphatic heterocycles. The molecular formula is C15H21NO2. The lowest BCUT2D eigenvalue weighted by atomic mass is 9.77. The molecule has 2 rings (SSSR count). The van der Waals surface area contributed by atoms with E-state index in [-0.39, 0.29) is 5.97 Å². The second kappa shape index (κ2) is 5.53. The van der Waals surface area contributed by atoms with E-state index < -0.39 is 5.54 Å². The van der Waals surface area contributed by atoms with E-state index in [2.05, 4.69) is 6.92 Å². The highest BCUT2D eigenvalue weighted by atomic mass is 16.5. The van der Waals surface area contributed by atoms with Gasteiger partial charge in [-0.25, -0.2) is 0 Å². The standard InChI is InChI=1S/C15H21NO2/c1-12-6-5-9-15(16,10-12)14(17)18-11-13-7-3-2-4-8-13/h2-4,7-8,12H,5-6,9-11,16H2,1H3. The number of benzene rings is 1. The van der Waals surface area contributed by atoms with Crippen molar-refractivity contribution in [1.29, 1.82) is 0 Å². The van der Waals surface area contributed by atoms with E-state index >= 15 is 0 Å². The minimum atomic E-state index is -0.771.